The van der Waals surface area contributed by atoms with Crippen LogP contribution in [0.3, 0.4) is 0 Å². The van der Waals surface area contributed by atoms with Crippen molar-refractivity contribution in [2.75, 3.05) is 14.1 Å². The number of rotatable bonds is 1. The van der Waals surface area contributed by atoms with E-state index in [0.29, 0.717) is 6.04 Å². The third-order valence-corrected chi connectivity index (χ3v) is 1.55. The predicted octanol–water partition coefficient (Wildman–Crippen LogP) is 1.60. The first kappa shape index (κ1) is 7.29. The van der Waals surface area contributed by atoms with Crippen molar-refractivity contribution in [2.45, 2.75) is 6.04 Å². The Bertz CT molecular complexity index is 159. The molecule has 0 amide bonds. The first-order valence-electron chi connectivity index (χ1n) is 3.49. The van der Waals surface area contributed by atoms with E-state index in [1.165, 1.54) is 0 Å². The van der Waals surface area contributed by atoms with Crippen LogP contribution >= 0.6 is 0 Å². The quantitative estimate of drug-likeness (QED) is 0.528. The van der Waals surface area contributed by atoms with Crippen molar-refractivity contribution in [3.8, 4) is 0 Å². The van der Waals surface area contributed by atoms with Gasteiger partial charge in [0.2, 0.25) is 0 Å². The van der Waals surface area contributed by atoms with Crippen molar-refractivity contribution in [3.05, 3.63) is 36.5 Å². The molecule has 1 aliphatic carbocycles. The molecule has 0 radical (unpaired) electrons. The zero-order chi connectivity index (χ0) is 7.40. The first-order valence-corrected chi connectivity index (χ1v) is 3.49. The van der Waals surface area contributed by atoms with E-state index in [4.69, 9.17) is 0 Å². The van der Waals surface area contributed by atoms with Crippen LogP contribution in [0.2, 0.25) is 0 Å². The highest BCUT2D eigenvalue weighted by molar-refractivity contribution is 5.21. The van der Waals surface area contributed by atoms with Crippen molar-refractivity contribution in [1.82, 2.24) is 4.90 Å². The summed E-state index contributed by atoms with van der Waals surface area (Å²) in [4.78, 5) is 2.17. The average Bonchev–Trinajstić information content (AvgIpc) is 2.12. The highest BCUT2D eigenvalue weighted by atomic mass is 15.1. The first-order chi connectivity index (χ1) is 4.80. The predicted molar refractivity (Wildman–Crippen MR) is 44.9 cm³/mol. The molecule has 10 heavy (non-hydrogen) atoms. The lowest BCUT2D eigenvalue weighted by Gasteiger charge is -2.15. The molecule has 0 saturated carbocycles. The van der Waals surface area contributed by atoms with Crippen LogP contribution in [0.4, 0.5) is 0 Å². The Kier molecular flexibility index (Phi) is 2.46. The maximum Gasteiger partial charge on any atom is 0.0461 e. The van der Waals surface area contributed by atoms with Crippen molar-refractivity contribution < 1.29 is 0 Å². The minimum absolute atomic E-state index is 0.454. The van der Waals surface area contributed by atoms with Gasteiger partial charge in [0.05, 0.1) is 0 Å². The second-order valence-electron chi connectivity index (χ2n) is 2.61. The minimum Gasteiger partial charge on any atom is -0.300 e. The molecule has 0 unspecified atom stereocenters. The molecule has 0 aromatic rings. The standard InChI is InChI=1S/C9H13N/c1-10(2)9-7-5-3-4-6-8-9/h3-9H,1-2H3. The van der Waals surface area contributed by atoms with Gasteiger partial charge >= 0.3 is 0 Å². The average molecular weight is 135 g/mol. The fraction of sp³-hybridized carbons (Fsp3) is 0.333. The lowest BCUT2D eigenvalue weighted by atomic mass is 10.2. The third kappa shape index (κ3) is 1.85. The van der Waals surface area contributed by atoms with Crippen LogP contribution in [0.25, 0.3) is 0 Å². The molecular weight excluding hydrogens is 122 g/mol. The van der Waals surface area contributed by atoms with Gasteiger partial charge in [0, 0.05) is 6.04 Å². The Morgan fingerprint density at radius 3 is 1.80 bits per heavy atom. The fourth-order valence-electron chi connectivity index (χ4n) is 0.893. The third-order valence-electron chi connectivity index (χ3n) is 1.55. The second-order valence-corrected chi connectivity index (χ2v) is 2.61. The molecule has 0 aromatic heterocycles. The van der Waals surface area contributed by atoms with Crippen LogP contribution in [-0.4, -0.2) is 25.0 Å². The fourth-order valence-corrected chi connectivity index (χ4v) is 0.893. The molecule has 1 rings (SSSR count). The molecule has 0 bridgehead atoms. The van der Waals surface area contributed by atoms with E-state index < -0.39 is 0 Å². The topological polar surface area (TPSA) is 3.24 Å². The molecule has 1 heteroatoms. The minimum atomic E-state index is 0.454. The molecule has 0 atom stereocenters. The Morgan fingerprint density at radius 2 is 1.40 bits per heavy atom. The number of hydrogen-bond donors (Lipinski definition) is 0. The van der Waals surface area contributed by atoms with E-state index in [-0.39, 0.29) is 0 Å². The van der Waals surface area contributed by atoms with Crippen LogP contribution < -0.4 is 0 Å². The summed E-state index contributed by atoms with van der Waals surface area (Å²) in [6.45, 7) is 0. The molecule has 0 spiro atoms. The Hall–Kier alpha value is -0.820. The Balaban J connectivity index is 2.63. The maximum absolute atomic E-state index is 2.17. The molecule has 0 heterocycles. The van der Waals surface area contributed by atoms with Crippen LogP contribution in [0, 0.1) is 0 Å². The van der Waals surface area contributed by atoms with Gasteiger partial charge in [-0.3, -0.25) is 4.90 Å². The molecule has 0 aliphatic heterocycles. The van der Waals surface area contributed by atoms with Gasteiger partial charge in [-0.1, -0.05) is 36.5 Å². The van der Waals surface area contributed by atoms with E-state index in [0.717, 1.165) is 0 Å². The van der Waals surface area contributed by atoms with Gasteiger partial charge in [0.1, 0.15) is 0 Å². The van der Waals surface area contributed by atoms with E-state index in [9.17, 15) is 0 Å². The highest BCUT2D eigenvalue weighted by Gasteiger charge is 2.00. The van der Waals surface area contributed by atoms with Crippen molar-refractivity contribution in [3.63, 3.8) is 0 Å². The number of hydrogen-bond acceptors (Lipinski definition) is 1. The van der Waals surface area contributed by atoms with E-state index in [2.05, 4.69) is 43.3 Å². The van der Waals surface area contributed by atoms with Gasteiger partial charge in [-0.05, 0) is 14.1 Å². The van der Waals surface area contributed by atoms with E-state index in [1.807, 2.05) is 12.2 Å². The van der Waals surface area contributed by atoms with Crippen molar-refractivity contribution in [1.29, 1.82) is 0 Å². The van der Waals surface area contributed by atoms with Crippen molar-refractivity contribution >= 4 is 0 Å². The number of likely N-dealkylation sites (N-methyl/N-ethyl adjacent to an activating group) is 1. The summed E-state index contributed by atoms with van der Waals surface area (Å²) in [5.41, 5.74) is 0. The summed E-state index contributed by atoms with van der Waals surface area (Å²) in [6, 6.07) is 0.454. The molecule has 54 valence electrons. The van der Waals surface area contributed by atoms with Gasteiger partial charge < -0.3 is 0 Å². The number of allylic oxidation sites excluding steroid dienone is 4. The highest BCUT2D eigenvalue weighted by Crippen LogP contribution is 2.01. The zero-order valence-electron chi connectivity index (χ0n) is 6.49. The summed E-state index contributed by atoms with van der Waals surface area (Å²) in [5, 5.41) is 0. The summed E-state index contributed by atoms with van der Waals surface area (Å²) in [6.07, 6.45) is 12.6. The van der Waals surface area contributed by atoms with Crippen LogP contribution in [-0.2, 0) is 0 Å². The smallest absolute Gasteiger partial charge is 0.0461 e. The largest absolute Gasteiger partial charge is 0.300 e. The van der Waals surface area contributed by atoms with Crippen LogP contribution in [0.5, 0.6) is 0 Å². The normalized spacial score (nSPS) is 18.3. The molecule has 0 fully saturated rings. The van der Waals surface area contributed by atoms with Crippen LogP contribution in [0.15, 0.2) is 36.5 Å². The molecule has 1 aliphatic rings. The molecule has 0 N–H and O–H groups in total. The van der Waals surface area contributed by atoms with Gasteiger partial charge in [-0.2, -0.15) is 0 Å². The number of nitrogens with zero attached hydrogens (tertiary/aromatic N) is 1. The Morgan fingerprint density at radius 1 is 0.900 bits per heavy atom. The summed E-state index contributed by atoms with van der Waals surface area (Å²) >= 11 is 0. The monoisotopic (exact) mass is 135 g/mol. The lowest BCUT2D eigenvalue weighted by molar-refractivity contribution is 0.392. The van der Waals surface area contributed by atoms with Gasteiger partial charge in [0.15, 0.2) is 0 Å². The summed E-state index contributed by atoms with van der Waals surface area (Å²) < 4.78 is 0. The SMILES string of the molecule is CN(C)C1C=CC=CC=C1. The summed E-state index contributed by atoms with van der Waals surface area (Å²) in [7, 11) is 4.15. The summed E-state index contributed by atoms with van der Waals surface area (Å²) in [5.74, 6) is 0. The lowest BCUT2D eigenvalue weighted by Crippen LogP contribution is -2.23. The second kappa shape index (κ2) is 3.37. The van der Waals surface area contributed by atoms with Crippen molar-refractivity contribution in [2.24, 2.45) is 0 Å². The van der Waals surface area contributed by atoms with Crippen LogP contribution in [0.1, 0.15) is 0 Å². The van der Waals surface area contributed by atoms with Gasteiger partial charge in [0.25, 0.3) is 0 Å². The Labute approximate surface area is 62.3 Å². The van der Waals surface area contributed by atoms with Gasteiger partial charge in [-0.25, -0.2) is 0 Å². The zero-order valence-corrected chi connectivity index (χ0v) is 6.49. The molecule has 0 aromatic carbocycles. The van der Waals surface area contributed by atoms with E-state index in [1.54, 1.807) is 0 Å². The maximum atomic E-state index is 2.17. The molecule has 0 saturated heterocycles. The molecule has 1 nitrogen and oxygen atoms in total. The van der Waals surface area contributed by atoms with Gasteiger partial charge in [-0.15, -0.1) is 0 Å². The van der Waals surface area contributed by atoms with E-state index >= 15 is 0 Å². The molecular formula is C9H13N.